The Morgan fingerprint density at radius 1 is 1.16 bits per heavy atom. The fourth-order valence-corrected chi connectivity index (χ4v) is 4.72. The molecule has 0 bridgehead atoms. The van der Waals surface area contributed by atoms with Crippen LogP contribution in [-0.2, 0) is 0 Å². The van der Waals surface area contributed by atoms with Crippen LogP contribution in [0.15, 0.2) is 0 Å². The van der Waals surface area contributed by atoms with Crippen LogP contribution < -0.4 is 5.32 Å². The quantitative estimate of drug-likeness (QED) is 0.853. The summed E-state index contributed by atoms with van der Waals surface area (Å²) < 4.78 is 0. The molecule has 0 aromatic rings. The molecule has 0 aliphatic carbocycles. The summed E-state index contributed by atoms with van der Waals surface area (Å²) in [4.78, 5) is 2.87. The summed E-state index contributed by atoms with van der Waals surface area (Å²) in [7, 11) is 0. The van der Waals surface area contributed by atoms with Gasteiger partial charge in [-0.1, -0.05) is 27.7 Å². The number of piperazine rings is 1. The standard InChI is InChI=1S/C16H32N2S/c1-12(2)9-14-11-18(15-5-7-19-8-6-15)16(10-17-14)13(3)4/h12-17H,5-11H2,1-4H3. The fraction of sp³-hybridized carbons (Fsp3) is 1.00. The molecule has 0 saturated carbocycles. The van der Waals surface area contributed by atoms with Crippen LogP contribution in [0.3, 0.4) is 0 Å². The van der Waals surface area contributed by atoms with Gasteiger partial charge < -0.3 is 5.32 Å². The van der Waals surface area contributed by atoms with Crippen LogP contribution in [0, 0.1) is 11.8 Å². The first-order valence-corrected chi connectivity index (χ1v) is 9.30. The van der Waals surface area contributed by atoms with Gasteiger partial charge in [0.1, 0.15) is 0 Å². The minimum Gasteiger partial charge on any atom is -0.311 e. The summed E-state index contributed by atoms with van der Waals surface area (Å²) in [5.74, 6) is 4.31. The molecule has 2 rings (SSSR count). The predicted octanol–water partition coefficient (Wildman–Crippen LogP) is 3.23. The first-order valence-electron chi connectivity index (χ1n) is 8.14. The molecular weight excluding hydrogens is 252 g/mol. The van der Waals surface area contributed by atoms with Crippen molar-refractivity contribution >= 4 is 11.8 Å². The topological polar surface area (TPSA) is 15.3 Å². The number of hydrogen-bond acceptors (Lipinski definition) is 3. The van der Waals surface area contributed by atoms with Crippen LogP contribution in [-0.4, -0.2) is 47.6 Å². The van der Waals surface area contributed by atoms with E-state index in [9.17, 15) is 0 Å². The molecule has 19 heavy (non-hydrogen) atoms. The number of nitrogens with one attached hydrogen (secondary N) is 1. The summed E-state index contributed by atoms with van der Waals surface area (Å²) in [6.07, 6.45) is 4.13. The summed E-state index contributed by atoms with van der Waals surface area (Å²) in [6, 6.07) is 2.31. The van der Waals surface area contributed by atoms with E-state index in [0.29, 0.717) is 6.04 Å². The van der Waals surface area contributed by atoms with Gasteiger partial charge >= 0.3 is 0 Å². The molecule has 0 amide bonds. The lowest BCUT2D eigenvalue weighted by molar-refractivity contribution is 0.0473. The third kappa shape index (κ3) is 4.37. The van der Waals surface area contributed by atoms with Crippen molar-refractivity contribution in [3.8, 4) is 0 Å². The Bertz CT molecular complexity index is 261. The SMILES string of the molecule is CC(C)CC1CN(C2CCSCC2)C(C(C)C)CN1. The van der Waals surface area contributed by atoms with Gasteiger partial charge in [0.15, 0.2) is 0 Å². The van der Waals surface area contributed by atoms with Gasteiger partial charge in [-0.15, -0.1) is 0 Å². The Balaban J connectivity index is 1.99. The Labute approximate surface area is 124 Å². The molecule has 0 aromatic heterocycles. The second kappa shape index (κ2) is 7.33. The van der Waals surface area contributed by atoms with Crippen molar-refractivity contribution in [3.63, 3.8) is 0 Å². The van der Waals surface area contributed by atoms with E-state index in [4.69, 9.17) is 0 Å². The second-order valence-electron chi connectivity index (χ2n) is 7.09. The third-order valence-electron chi connectivity index (χ3n) is 4.66. The first kappa shape index (κ1) is 15.7. The summed E-state index contributed by atoms with van der Waals surface area (Å²) in [6.45, 7) is 11.9. The molecule has 2 unspecified atom stereocenters. The average Bonchev–Trinajstić information content (AvgIpc) is 2.38. The zero-order valence-electron chi connectivity index (χ0n) is 13.2. The van der Waals surface area contributed by atoms with Crippen LogP contribution in [0.5, 0.6) is 0 Å². The molecule has 2 aliphatic heterocycles. The first-order chi connectivity index (χ1) is 9.08. The number of rotatable bonds is 4. The molecule has 3 heteroatoms. The largest absolute Gasteiger partial charge is 0.311 e. The zero-order chi connectivity index (χ0) is 13.8. The summed E-state index contributed by atoms with van der Waals surface area (Å²) >= 11 is 2.14. The maximum Gasteiger partial charge on any atom is 0.0247 e. The van der Waals surface area contributed by atoms with Crippen molar-refractivity contribution in [2.75, 3.05) is 24.6 Å². The smallest absolute Gasteiger partial charge is 0.0247 e. The van der Waals surface area contributed by atoms with E-state index in [1.807, 2.05) is 0 Å². The average molecular weight is 285 g/mol. The lowest BCUT2D eigenvalue weighted by Gasteiger charge is -2.47. The zero-order valence-corrected chi connectivity index (χ0v) is 14.0. The van der Waals surface area contributed by atoms with E-state index in [0.717, 1.165) is 23.9 Å². The van der Waals surface area contributed by atoms with Crippen molar-refractivity contribution in [1.82, 2.24) is 10.2 Å². The van der Waals surface area contributed by atoms with Crippen molar-refractivity contribution < 1.29 is 0 Å². The molecule has 0 spiro atoms. The molecular formula is C16H32N2S. The minimum absolute atomic E-state index is 0.713. The highest BCUT2D eigenvalue weighted by Crippen LogP contribution is 2.28. The van der Waals surface area contributed by atoms with E-state index < -0.39 is 0 Å². The monoisotopic (exact) mass is 284 g/mol. The number of thioether (sulfide) groups is 1. The van der Waals surface area contributed by atoms with Crippen LogP contribution in [0.4, 0.5) is 0 Å². The maximum atomic E-state index is 3.80. The molecule has 0 aromatic carbocycles. The summed E-state index contributed by atoms with van der Waals surface area (Å²) in [5.41, 5.74) is 0. The Morgan fingerprint density at radius 3 is 2.42 bits per heavy atom. The Kier molecular flexibility index (Phi) is 6.04. The van der Waals surface area contributed by atoms with Crippen LogP contribution in [0.1, 0.15) is 47.0 Å². The molecule has 0 radical (unpaired) electrons. The molecule has 2 atom stereocenters. The molecule has 2 nitrogen and oxygen atoms in total. The fourth-order valence-electron chi connectivity index (χ4n) is 3.64. The van der Waals surface area contributed by atoms with E-state index in [2.05, 4.69) is 49.7 Å². The minimum atomic E-state index is 0.713. The van der Waals surface area contributed by atoms with Gasteiger partial charge in [0.2, 0.25) is 0 Å². The van der Waals surface area contributed by atoms with Gasteiger partial charge in [-0.05, 0) is 42.6 Å². The number of nitrogens with zero attached hydrogens (tertiary/aromatic N) is 1. The van der Waals surface area contributed by atoms with Crippen LogP contribution in [0.2, 0.25) is 0 Å². The highest BCUT2D eigenvalue weighted by molar-refractivity contribution is 7.99. The lowest BCUT2D eigenvalue weighted by atomic mass is 9.92. The third-order valence-corrected chi connectivity index (χ3v) is 5.71. The molecule has 1 N–H and O–H groups in total. The molecule has 2 heterocycles. The van der Waals surface area contributed by atoms with E-state index in [-0.39, 0.29) is 0 Å². The maximum absolute atomic E-state index is 3.80. The highest BCUT2D eigenvalue weighted by atomic mass is 32.2. The molecule has 2 aliphatic rings. The van der Waals surface area contributed by atoms with Gasteiger partial charge in [0.25, 0.3) is 0 Å². The Hall–Kier alpha value is 0.270. The second-order valence-corrected chi connectivity index (χ2v) is 8.31. The Morgan fingerprint density at radius 2 is 1.84 bits per heavy atom. The number of hydrogen-bond donors (Lipinski definition) is 1. The van der Waals surface area contributed by atoms with Gasteiger partial charge in [0.05, 0.1) is 0 Å². The normalized spacial score (nSPS) is 31.3. The van der Waals surface area contributed by atoms with E-state index >= 15 is 0 Å². The summed E-state index contributed by atoms with van der Waals surface area (Å²) in [5, 5.41) is 3.80. The van der Waals surface area contributed by atoms with E-state index in [1.54, 1.807) is 0 Å². The van der Waals surface area contributed by atoms with Gasteiger partial charge in [-0.2, -0.15) is 11.8 Å². The van der Waals surface area contributed by atoms with Crippen molar-refractivity contribution in [1.29, 1.82) is 0 Å². The van der Waals surface area contributed by atoms with Gasteiger partial charge in [-0.3, -0.25) is 4.90 Å². The molecule has 2 fully saturated rings. The van der Waals surface area contributed by atoms with Gasteiger partial charge in [-0.25, -0.2) is 0 Å². The van der Waals surface area contributed by atoms with Gasteiger partial charge in [0, 0.05) is 31.2 Å². The van der Waals surface area contributed by atoms with Crippen molar-refractivity contribution in [2.45, 2.75) is 65.1 Å². The van der Waals surface area contributed by atoms with E-state index in [1.165, 1.54) is 43.9 Å². The molecule has 112 valence electrons. The molecule has 2 saturated heterocycles. The predicted molar refractivity (Wildman–Crippen MR) is 86.9 cm³/mol. The van der Waals surface area contributed by atoms with Crippen molar-refractivity contribution in [3.05, 3.63) is 0 Å². The highest BCUT2D eigenvalue weighted by Gasteiger charge is 2.34. The van der Waals surface area contributed by atoms with Crippen LogP contribution in [0.25, 0.3) is 0 Å². The van der Waals surface area contributed by atoms with Crippen LogP contribution >= 0.6 is 11.8 Å². The lowest BCUT2D eigenvalue weighted by Crippen LogP contribution is -2.61. The van der Waals surface area contributed by atoms with Crippen molar-refractivity contribution in [2.24, 2.45) is 11.8 Å².